The average molecular weight is 227 g/mol. The van der Waals surface area contributed by atoms with Gasteiger partial charge in [0.05, 0.1) is 6.10 Å². The monoisotopic (exact) mass is 227 g/mol. The van der Waals surface area contributed by atoms with Gasteiger partial charge in [-0.15, -0.1) is 0 Å². The third-order valence-electron chi connectivity index (χ3n) is 3.85. The molecule has 0 saturated heterocycles. The van der Waals surface area contributed by atoms with Crippen LogP contribution in [0, 0.1) is 5.92 Å². The van der Waals surface area contributed by atoms with E-state index in [1.807, 2.05) is 7.11 Å². The Balaban J connectivity index is 2.18. The fourth-order valence-electron chi connectivity index (χ4n) is 2.34. The zero-order chi connectivity index (χ0) is 11.8. The van der Waals surface area contributed by atoms with Gasteiger partial charge in [-0.25, -0.2) is 0 Å². The Hall–Kier alpha value is -0.0800. The summed E-state index contributed by atoms with van der Waals surface area (Å²) < 4.78 is 5.32. The van der Waals surface area contributed by atoms with Gasteiger partial charge in [-0.3, -0.25) is 0 Å². The van der Waals surface area contributed by atoms with E-state index in [2.05, 4.69) is 19.2 Å². The summed E-state index contributed by atoms with van der Waals surface area (Å²) >= 11 is 0. The van der Waals surface area contributed by atoms with Gasteiger partial charge >= 0.3 is 0 Å². The highest BCUT2D eigenvalue weighted by Gasteiger charge is 2.21. The molecule has 0 aliphatic heterocycles. The van der Waals surface area contributed by atoms with Crippen LogP contribution in [0.5, 0.6) is 0 Å². The summed E-state index contributed by atoms with van der Waals surface area (Å²) in [6.45, 7) is 5.57. The highest BCUT2D eigenvalue weighted by Crippen LogP contribution is 2.31. The largest absolute Gasteiger partial charge is 0.382 e. The predicted molar refractivity (Wildman–Crippen MR) is 69.7 cm³/mol. The normalized spacial score (nSPS) is 20.4. The molecule has 2 unspecified atom stereocenters. The molecule has 2 atom stereocenters. The summed E-state index contributed by atoms with van der Waals surface area (Å²) in [6, 6.07) is 0.725. The number of hydrogen-bond donors (Lipinski definition) is 1. The molecule has 1 aliphatic carbocycles. The van der Waals surface area contributed by atoms with Crippen LogP contribution < -0.4 is 5.32 Å². The van der Waals surface area contributed by atoms with Gasteiger partial charge < -0.3 is 10.1 Å². The Morgan fingerprint density at radius 2 is 2.06 bits per heavy atom. The predicted octanol–water partition coefficient (Wildman–Crippen LogP) is 3.36. The molecule has 96 valence electrons. The van der Waals surface area contributed by atoms with E-state index in [0.29, 0.717) is 6.10 Å². The van der Waals surface area contributed by atoms with E-state index >= 15 is 0 Å². The summed E-state index contributed by atoms with van der Waals surface area (Å²) in [7, 11) is 1.81. The smallest absolute Gasteiger partial charge is 0.0543 e. The maximum absolute atomic E-state index is 5.32. The molecular formula is C14H29NO. The molecule has 1 aliphatic rings. The number of hydrogen-bond acceptors (Lipinski definition) is 2. The SMILES string of the molecule is CCCNC(CCC(C)OC)CC1CCC1. The quantitative estimate of drug-likeness (QED) is 0.652. The molecule has 0 aromatic heterocycles. The lowest BCUT2D eigenvalue weighted by atomic mass is 9.80. The number of nitrogens with one attached hydrogen (secondary N) is 1. The fourth-order valence-corrected chi connectivity index (χ4v) is 2.34. The van der Waals surface area contributed by atoms with E-state index in [4.69, 9.17) is 4.74 Å². The Morgan fingerprint density at radius 1 is 1.31 bits per heavy atom. The molecule has 0 spiro atoms. The minimum Gasteiger partial charge on any atom is -0.382 e. The maximum Gasteiger partial charge on any atom is 0.0543 e. The zero-order valence-corrected chi connectivity index (χ0v) is 11.3. The van der Waals surface area contributed by atoms with Crippen molar-refractivity contribution in [2.75, 3.05) is 13.7 Å². The minimum atomic E-state index is 0.410. The first-order valence-electron chi connectivity index (χ1n) is 7.02. The average Bonchev–Trinajstić information content (AvgIpc) is 2.25. The maximum atomic E-state index is 5.32. The number of rotatable bonds is 9. The molecule has 0 amide bonds. The van der Waals surface area contributed by atoms with Crippen LogP contribution in [0.15, 0.2) is 0 Å². The van der Waals surface area contributed by atoms with Crippen molar-refractivity contribution in [2.24, 2.45) is 5.92 Å². The van der Waals surface area contributed by atoms with Gasteiger partial charge in [0.1, 0.15) is 0 Å². The van der Waals surface area contributed by atoms with Crippen molar-refractivity contribution in [1.82, 2.24) is 5.32 Å². The zero-order valence-electron chi connectivity index (χ0n) is 11.3. The van der Waals surface area contributed by atoms with Crippen LogP contribution in [0.4, 0.5) is 0 Å². The molecule has 2 nitrogen and oxygen atoms in total. The van der Waals surface area contributed by atoms with E-state index in [9.17, 15) is 0 Å². The molecule has 0 bridgehead atoms. The van der Waals surface area contributed by atoms with Crippen molar-refractivity contribution in [2.45, 2.75) is 70.9 Å². The first-order chi connectivity index (χ1) is 7.76. The van der Waals surface area contributed by atoms with Crippen molar-refractivity contribution in [1.29, 1.82) is 0 Å². The topological polar surface area (TPSA) is 21.3 Å². The second kappa shape index (κ2) is 8.08. The van der Waals surface area contributed by atoms with Crippen LogP contribution in [0.1, 0.15) is 58.8 Å². The van der Waals surface area contributed by atoms with Crippen LogP contribution in [-0.4, -0.2) is 25.8 Å². The van der Waals surface area contributed by atoms with Crippen LogP contribution in [0.25, 0.3) is 0 Å². The van der Waals surface area contributed by atoms with E-state index in [0.717, 1.165) is 12.0 Å². The van der Waals surface area contributed by atoms with E-state index < -0.39 is 0 Å². The summed E-state index contributed by atoms with van der Waals surface area (Å²) in [4.78, 5) is 0. The van der Waals surface area contributed by atoms with Crippen molar-refractivity contribution >= 4 is 0 Å². The molecule has 1 N–H and O–H groups in total. The van der Waals surface area contributed by atoms with E-state index in [1.54, 1.807) is 0 Å². The molecule has 0 radical (unpaired) electrons. The van der Waals surface area contributed by atoms with Crippen LogP contribution >= 0.6 is 0 Å². The molecule has 1 rings (SSSR count). The molecular weight excluding hydrogens is 198 g/mol. The second-order valence-corrected chi connectivity index (χ2v) is 5.31. The van der Waals surface area contributed by atoms with Gasteiger partial charge in [0.2, 0.25) is 0 Å². The van der Waals surface area contributed by atoms with Gasteiger partial charge in [-0.2, -0.15) is 0 Å². The highest BCUT2D eigenvalue weighted by molar-refractivity contribution is 4.77. The van der Waals surface area contributed by atoms with Crippen molar-refractivity contribution < 1.29 is 4.74 Å². The number of methoxy groups -OCH3 is 1. The lowest BCUT2D eigenvalue weighted by Crippen LogP contribution is -2.34. The Kier molecular flexibility index (Phi) is 7.06. The Bertz CT molecular complexity index is 168. The van der Waals surface area contributed by atoms with Crippen LogP contribution in [0.3, 0.4) is 0 Å². The summed E-state index contributed by atoms with van der Waals surface area (Å²) in [5.41, 5.74) is 0. The highest BCUT2D eigenvalue weighted by atomic mass is 16.5. The van der Waals surface area contributed by atoms with E-state index in [1.165, 1.54) is 51.5 Å². The molecule has 0 heterocycles. The standard InChI is InChI=1S/C14H29NO/c1-4-10-15-14(9-8-12(2)16-3)11-13-6-5-7-13/h12-15H,4-11H2,1-3H3. The lowest BCUT2D eigenvalue weighted by molar-refractivity contribution is 0.104. The summed E-state index contributed by atoms with van der Waals surface area (Å²) in [5.74, 6) is 1.01. The van der Waals surface area contributed by atoms with Gasteiger partial charge in [-0.1, -0.05) is 26.2 Å². The number of ether oxygens (including phenoxy) is 1. The molecule has 0 aromatic rings. The van der Waals surface area contributed by atoms with Gasteiger partial charge in [-0.05, 0) is 45.1 Å². The minimum absolute atomic E-state index is 0.410. The molecule has 1 fully saturated rings. The van der Waals surface area contributed by atoms with Crippen molar-refractivity contribution in [3.05, 3.63) is 0 Å². The third kappa shape index (κ3) is 5.31. The Morgan fingerprint density at radius 3 is 2.56 bits per heavy atom. The molecule has 16 heavy (non-hydrogen) atoms. The third-order valence-corrected chi connectivity index (χ3v) is 3.85. The van der Waals surface area contributed by atoms with Crippen LogP contribution in [-0.2, 0) is 4.74 Å². The lowest BCUT2D eigenvalue weighted by Gasteiger charge is -2.30. The molecule has 2 heteroatoms. The second-order valence-electron chi connectivity index (χ2n) is 5.31. The summed E-state index contributed by atoms with van der Waals surface area (Å²) in [5, 5.41) is 3.69. The van der Waals surface area contributed by atoms with Crippen LogP contribution in [0.2, 0.25) is 0 Å². The Labute approximate surface area is 101 Å². The van der Waals surface area contributed by atoms with E-state index in [-0.39, 0.29) is 0 Å². The van der Waals surface area contributed by atoms with Crippen molar-refractivity contribution in [3.63, 3.8) is 0 Å². The van der Waals surface area contributed by atoms with Gasteiger partial charge in [0, 0.05) is 13.2 Å². The van der Waals surface area contributed by atoms with Gasteiger partial charge in [0.25, 0.3) is 0 Å². The molecule has 0 aromatic carbocycles. The van der Waals surface area contributed by atoms with Gasteiger partial charge in [0.15, 0.2) is 0 Å². The summed E-state index contributed by atoms with van der Waals surface area (Å²) in [6.07, 6.45) is 9.87. The molecule has 1 saturated carbocycles. The first kappa shape index (κ1) is 14.0. The van der Waals surface area contributed by atoms with Crippen molar-refractivity contribution in [3.8, 4) is 0 Å². The first-order valence-corrected chi connectivity index (χ1v) is 7.02. The fraction of sp³-hybridized carbons (Fsp3) is 1.00.